The van der Waals surface area contributed by atoms with Gasteiger partial charge in [0.15, 0.2) is 0 Å². The van der Waals surface area contributed by atoms with Crippen molar-refractivity contribution in [2.24, 2.45) is 10.8 Å². The van der Waals surface area contributed by atoms with Gasteiger partial charge in [-0.1, -0.05) is 71.0 Å². The number of benzene rings is 1. The van der Waals surface area contributed by atoms with Gasteiger partial charge in [0, 0.05) is 11.8 Å². The standard InChI is InChI=1S/C22H29B2N/c1-15-10-8-9-11-17(15)19-12-16(13-20(2,3)4)18(14-25-19)22(23,24)21(5,6)7/h8-12,14H,13H2,1-7H3. The van der Waals surface area contributed by atoms with E-state index in [1.165, 1.54) is 11.1 Å². The molecule has 0 N–H and O–H groups in total. The maximum atomic E-state index is 6.59. The van der Waals surface area contributed by atoms with Crippen LogP contribution in [0.4, 0.5) is 0 Å². The molecule has 0 atom stereocenters. The van der Waals surface area contributed by atoms with Gasteiger partial charge >= 0.3 is 0 Å². The number of aryl methyl sites for hydroxylation is 1. The molecule has 4 radical (unpaired) electrons. The van der Waals surface area contributed by atoms with Crippen molar-refractivity contribution < 1.29 is 0 Å². The van der Waals surface area contributed by atoms with E-state index in [1.807, 2.05) is 18.3 Å². The summed E-state index contributed by atoms with van der Waals surface area (Å²) in [6.45, 7) is 15.0. The summed E-state index contributed by atoms with van der Waals surface area (Å²) >= 11 is 0. The van der Waals surface area contributed by atoms with E-state index in [1.54, 1.807) is 0 Å². The van der Waals surface area contributed by atoms with Crippen molar-refractivity contribution in [2.75, 3.05) is 0 Å². The van der Waals surface area contributed by atoms with E-state index >= 15 is 0 Å². The number of rotatable bonds is 3. The van der Waals surface area contributed by atoms with Crippen molar-refractivity contribution in [2.45, 2.75) is 60.1 Å². The van der Waals surface area contributed by atoms with Crippen LogP contribution in [0.3, 0.4) is 0 Å². The third kappa shape index (κ3) is 4.37. The van der Waals surface area contributed by atoms with Gasteiger partial charge in [-0.15, -0.1) is 0 Å². The van der Waals surface area contributed by atoms with Crippen molar-refractivity contribution >= 4 is 15.7 Å². The Morgan fingerprint density at radius 3 is 2.08 bits per heavy atom. The Morgan fingerprint density at radius 2 is 1.56 bits per heavy atom. The molecule has 0 saturated carbocycles. The third-order valence-electron chi connectivity index (χ3n) is 4.82. The number of nitrogens with zero attached hydrogens (tertiary/aromatic N) is 1. The zero-order valence-electron chi connectivity index (χ0n) is 16.8. The average molecular weight is 329 g/mol. The van der Waals surface area contributed by atoms with E-state index in [9.17, 15) is 0 Å². The third-order valence-corrected chi connectivity index (χ3v) is 4.82. The number of aromatic nitrogens is 1. The lowest BCUT2D eigenvalue weighted by Crippen LogP contribution is -2.42. The highest BCUT2D eigenvalue weighted by molar-refractivity contribution is 6.40. The first-order valence-corrected chi connectivity index (χ1v) is 8.96. The summed E-state index contributed by atoms with van der Waals surface area (Å²) in [5.41, 5.74) is 5.32. The van der Waals surface area contributed by atoms with Crippen molar-refractivity contribution in [3.63, 3.8) is 0 Å². The average Bonchev–Trinajstić information content (AvgIpc) is 2.44. The first kappa shape index (κ1) is 19.8. The van der Waals surface area contributed by atoms with Gasteiger partial charge in [0.1, 0.15) is 0 Å². The second-order valence-electron chi connectivity index (χ2n) is 9.40. The Bertz CT molecular complexity index is 749. The number of pyridine rings is 1. The second kappa shape index (κ2) is 6.67. The summed E-state index contributed by atoms with van der Waals surface area (Å²) in [6.07, 6.45) is 2.78. The van der Waals surface area contributed by atoms with Crippen LogP contribution in [0, 0.1) is 17.8 Å². The SMILES string of the molecule is [B]C([B])(c1cnc(-c2ccccc2C)cc1CC(C)(C)C)C(C)(C)C. The molecule has 0 spiro atoms. The van der Waals surface area contributed by atoms with Crippen LogP contribution < -0.4 is 0 Å². The smallest absolute Gasteiger partial charge is 0.0707 e. The van der Waals surface area contributed by atoms with E-state index < -0.39 is 5.21 Å². The summed E-state index contributed by atoms with van der Waals surface area (Å²) < 4.78 is 0. The summed E-state index contributed by atoms with van der Waals surface area (Å²) in [7, 11) is 13.2. The molecule has 0 aliphatic rings. The molecule has 0 aliphatic heterocycles. The topological polar surface area (TPSA) is 12.9 Å². The minimum absolute atomic E-state index is 0.132. The Kier molecular flexibility index (Phi) is 5.28. The molecule has 1 aromatic heterocycles. The van der Waals surface area contributed by atoms with Gasteiger partial charge in [-0.3, -0.25) is 4.98 Å². The monoisotopic (exact) mass is 329 g/mol. The van der Waals surface area contributed by atoms with Crippen molar-refractivity contribution in [3.8, 4) is 11.3 Å². The minimum Gasteiger partial charge on any atom is -0.256 e. The molecular weight excluding hydrogens is 300 g/mol. The van der Waals surface area contributed by atoms with Gasteiger partial charge in [0.25, 0.3) is 0 Å². The van der Waals surface area contributed by atoms with Gasteiger partial charge in [0.2, 0.25) is 0 Å². The molecule has 1 nitrogen and oxygen atoms in total. The van der Waals surface area contributed by atoms with Crippen LogP contribution in [0.25, 0.3) is 11.3 Å². The summed E-state index contributed by atoms with van der Waals surface area (Å²) in [5, 5.41) is -0.940. The Morgan fingerprint density at radius 1 is 0.960 bits per heavy atom. The molecule has 0 fully saturated rings. The van der Waals surface area contributed by atoms with Crippen LogP contribution in [-0.2, 0) is 11.6 Å². The predicted molar refractivity (Wildman–Crippen MR) is 110 cm³/mol. The molecule has 0 unspecified atom stereocenters. The second-order valence-corrected chi connectivity index (χ2v) is 9.40. The number of hydrogen-bond donors (Lipinski definition) is 0. The fourth-order valence-electron chi connectivity index (χ4n) is 3.00. The highest BCUT2D eigenvalue weighted by Crippen LogP contribution is 2.40. The van der Waals surface area contributed by atoms with Crippen molar-refractivity contribution in [1.29, 1.82) is 0 Å². The lowest BCUT2D eigenvalue weighted by atomic mass is 9.40. The van der Waals surface area contributed by atoms with Gasteiger partial charge in [-0.25, -0.2) is 0 Å². The molecule has 25 heavy (non-hydrogen) atoms. The largest absolute Gasteiger partial charge is 0.256 e. The van der Waals surface area contributed by atoms with Crippen LogP contribution in [0.15, 0.2) is 36.5 Å². The Labute approximate surface area is 156 Å². The van der Waals surface area contributed by atoms with Crippen LogP contribution in [0.5, 0.6) is 0 Å². The molecule has 1 heterocycles. The lowest BCUT2D eigenvalue weighted by molar-refractivity contribution is 0.350. The fourth-order valence-corrected chi connectivity index (χ4v) is 3.00. The van der Waals surface area contributed by atoms with Crippen molar-refractivity contribution in [3.05, 3.63) is 53.2 Å². The molecular formula is C22H29B2N. The Hall–Kier alpha value is -1.50. The van der Waals surface area contributed by atoms with Gasteiger partial charge in [-0.2, -0.15) is 0 Å². The van der Waals surface area contributed by atoms with Gasteiger partial charge in [-0.05, 0) is 46.9 Å². The Balaban J connectivity index is 2.64. The predicted octanol–water partition coefficient (Wildman–Crippen LogP) is 5.18. The lowest BCUT2D eigenvalue weighted by Gasteiger charge is -2.42. The zero-order chi connectivity index (χ0) is 19.0. The van der Waals surface area contributed by atoms with E-state index in [0.29, 0.717) is 0 Å². The molecule has 0 aliphatic carbocycles. The maximum absolute atomic E-state index is 6.59. The van der Waals surface area contributed by atoms with E-state index in [4.69, 9.17) is 20.7 Å². The van der Waals surface area contributed by atoms with Crippen LogP contribution >= 0.6 is 0 Å². The summed E-state index contributed by atoms with van der Waals surface area (Å²) in [6, 6.07) is 10.5. The molecule has 0 saturated heterocycles. The molecule has 1 aromatic carbocycles. The van der Waals surface area contributed by atoms with Crippen LogP contribution in [0.1, 0.15) is 58.2 Å². The van der Waals surface area contributed by atoms with Crippen LogP contribution in [-0.4, -0.2) is 20.7 Å². The van der Waals surface area contributed by atoms with E-state index in [2.05, 4.69) is 66.7 Å². The molecule has 128 valence electrons. The molecule has 3 heteroatoms. The molecule has 2 aromatic rings. The molecule has 2 rings (SSSR count). The highest BCUT2D eigenvalue weighted by atomic mass is 14.7. The minimum atomic E-state index is -0.940. The van der Waals surface area contributed by atoms with Crippen molar-refractivity contribution in [1.82, 2.24) is 4.98 Å². The number of hydrogen-bond acceptors (Lipinski definition) is 1. The first-order valence-electron chi connectivity index (χ1n) is 8.96. The normalized spacial score (nSPS) is 13.1. The van der Waals surface area contributed by atoms with E-state index in [0.717, 1.165) is 23.2 Å². The van der Waals surface area contributed by atoms with E-state index in [-0.39, 0.29) is 10.8 Å². The van der Waals surface area contributed by atoms with Crippen LogP contribution in [0.2, 0.25) is 0 Å². The fraction of sp³-hybridized carbons (Fsp3) is 0.500. The van der Waals surface area contributed by atoms with Gasteiger partial charge in [0.05, 0.1) is 21.4 Å². The maximum Gasteiger partial charge on any atom is 0.0707 e. The first-order chi connectivity index (χ1) is 11.3. The van der Waals surface area contributed by atoms with Gasteiger partial charge < -0.3 is 0 Å². The molecule has 0 amide bonds. The highest BCUT2D eigenvalue weighted by Gasteiger charge is 2.35. The molecule has 0 bridgehead atoms. The quantitative estimate of drug-likeness (QED) is 0.707. The summed E-state index contributed by atoms with van der Waals surface area (Å²) in [5.74, 6) is 0. The zero-order valence-corrected chi connectivity index (χ0v) is 16.8. The summed E-state index contributed by atoms with van der Waals surface area (Å²) in [4.78, 5) is 4.72.